The Kier molecular flexibility index (Phi) is 4.28. The molecule has 1 amide bonds. The Balaban J connectivity index is 1.93. The summed E-state index contributed by atoms with van der Waals surface area (Å²) < 4.78 is 14.6. The first kappa shape index (κ1) is 17.4. The molecule has 1 aliphatic rings. The van der Waals surface area contributed by atoms with E-state index in [0.717, 1.165) is 6.42 Å². The van der Waals surface area contributed by atoms with E-state index in [1.807, 2.05) is 0 Å². The van der Waals surface area contributed by atoms with E-state index < -0.39 is 11.5 Å². The van der Waals surface area contributed by atoms with Gasteiger partial charge in [0.25, 0.3) is 5.91 Å². The summed E-state index contributed by atoms with van der Waals surface area (Å²) >= 11 is 0. The number of likely N-dealkylation sites (tertiary alicyclic amines) is 1. The van der Waals surface area contributed by atoms with Crippen LogP contribution in [0.2, 0.25) is 0 Å². The summed E-state index contributed by atoms with van der Waals surface area (Å²) in [5.41, 5.74) is 0.117. The second-order valence-corrected chi connectivity index (χ2v) is 7.05. The summed E-state index contributed by atoms with van der Waals surface area (Å²) in [6.07, 6.45) is 2.83. The Morgan fingerprint density at radius 3 is 2.76 bits per heavy atom. The highest BCUT2D eigenvalue weighted by atomic mass is 19.1. The van der Waals surface area contributed by atoms with Crippen molar-refractivity contribution in [3.63, 3.8) is 0 Å². The van der Waals surface area contributed by atoms with E-state index in [9.17, 15) is 19.4 Å². The molecule has 0 saturated carbocycles. The molecule has 1 saturated heterocycles. The third-order valence-corrected chi connectivity index (χ3v) is 4.63. The van der Waals surface area contributed by atoms with Crippen molar-refractivity contribution in [2.45, 2.75) is 45.3 Å². The molecule has 1 fully saturated rings. The third kappa shape index (κ3) is 3.24. The minimum atomic E-state index is -1.03. The van der Waals surface area contributed by atoms with E-state index in [1.54, 1.807) is 31.7 Å². The quantitative estimate of drug-likeness (QED) is 0.894. The van der Waals surface area contributed by atoms with E-state index in [2.05, 4.69) is 5.10 Å². The van der Waals surface area contributed by atoms with Crippen LogP contribution in [0.5, 0.6) is 5.75 Å². The molecule has 0 bridgehead atoms. The molecule has 7 heteroatoms. The van der Waals surface area contributed by atoms with Crippen molar-refractivity contribution >= 4 is 5.91 Å². The Morgan fingerprint density at radius 1 is 1.40 bits per heavy atom. The smallest absolute Gasteiger partial charge is 0.278 e. The van der Waals surface area contributed by atoms with E-state index in [4.69, 9.17) is 0 Å². The minimum absolute atomic E-state index is 0.0696. The number of nitrogens with zero attached hydrogens (tertiary/aromatic N) is 3. The molecule has 6 nitrogen and oxygen atoms in total. The number of benzene rings is 1. The summed E-state index contributed by atoms with van der Waals surface area (Å²) in [5.74, 6) is -1.02. The molecule has 134 valence electrons. The lowest BCUT2D eigenvalue weighted by Gasteiger charge is -2.33. The van der Waals surface area contributed by atoms with Crippen LogP contribution in [0, 0.1) is 12.7 Å². The Bertz CT molecular complexity index is 810. The molecule has 2 heterocycles. The number of halogens is 1. The average Bonchev–Trinajstić information content (AvgIpc) is 3.13. The summed E-state index contributed by atoms with van der Waals surface area (Å²) in [5, 5.41) is 24.7. The van der Waals surface area contributed by atoms with Gasteiger partial charge in [-0.15, -0.1) is 0 Å². The van der Waals surface area contributed by atoms with Gasteiger partial charge in [-0.3, -0.25) is 4.79 Å². The number of rotatable bonds is 3. The van der Waals surface area contributed by atoms with Gasteiger partial charge in [-0.05, 0) is 57.4 Å². The van der Waals surface area contributed by atoms with Gasteiger partial charge in [0.1, 0.15) is 5.82 Å². The Labute approximate surface area is 145 Å². The topological polar surface area (TPSA) is 78.6 Å². The molecule has 0 aliphatic carbocycles. The van der Waals surface area contributed by atoms with Gasteiger partial charge in [0, 0.05) is 6.54 Å². The fourth-order valence-corrected chi connectivity index (χ4v) is 3.40. The average molecular weight is 347 g/mol. The maximum absolute atomic E-state index is 13.3. The monoisotopic (exact) mass is 347 g/mol. The summed E-state index contributed by atoms with van der Waals surface area (Å²) in [6, 6.07) is 3.88. The number of aromatic nitrogens is 2. The van der Waals surface area contributed by atoms with Crippen molar-refractivity contribution < 1.29 is 19.4 Å². The largest absolute Gasteiger partial charge is 0.504 e. The van der Waals surface area contributed by atoms with Crippen molar-refractivity contribution in [2.75, 3.05) is 6.54 Å². The normalized spacial score (nSPS) is 18.0. The van der Waals surface area contributed by atoms with Crippen molar-refractivity contribution in [3.8, 4) is 11.4 Å². The molecule has 25 heavy (non-hydrogen) atoms. The number of hydrogen-bond acceptors (Lipinski definition) is 4. The predicted molar refractivity (Wildman–Crippen MR) is 90.3 cm³/mol. The van der Waals surface area contributed by atoms with Crippen LogP contribution < -0.4 is 0 Å². The van der Waals surface area contributed by atoms with Gasteiger partial charge < -0.3 is 15.1 Å². The van der Waals surface area contributed by atoms with Gasteiger partial charge in [0.2, 0.25) is 0 Å². The molecule has 2 aromatic rings. The maximum atomic E-state index is 13.3. The SMILES string of the molecule is Cc1cc(F)ccc1-n1cc(O)c(C(=O)N2CCCC2C(C)(C)O)n1. The van der Waals surface area contributed by atoms with E-state index in [0.29, 0.717) is 24.2 Å². The summed E-state index contributed by atoms with van der Waals surface area (Å²) in [7, 11) is 0. The zero-order chi connectivity index (χ0) is 18.4. The number of hydrogen-bond donors (Lipinski definition) is 2. The summed E-state index contributed by atoms with van der Waals surface area (Å²) in [6.45, 7) is 5.58. The first-order valence-electron chi connectivity index (χ1n) is 8.27. The lowest BCUT2D eigenvalue weighted by atomic mass is 9.96. The van der Waals surface area contributed by atoms with Gasteiger partial charge in [-0.1, -0.05) is 0 Å². The highest BCUT2D eigenvalue weighted by Crippen LogP contribution is 2.30. The molecule has 1 unspecified atom stereocenters. The van der Waals surface area contributed by atoms with E-state index in [1.165, 1.54) is 23.0 Å². The first-order valence-corrected chi connectivity index (χ1v) is 8.27. The molecular formula is C18H22FN3O3. The van der Waals surface area contributed by atoms with Gasteiger partial charge in [0.15, 0.2) is 11.4 Å². The predicted octanol–water partition coefficient (Wildman–Crippen LogP) is 2.40. The number of aryl methyl sites for hydroxylation is 1. The molecule has 1 aromatic carbocycles. The second kappa shape index (κ2) is 6.15. The maximum Gasteiger partial charge on any atom is 0.278 e. The van der Waals surface area contributed by atoms with Crippen LogP contribution in [0.3, 0.4) is 0 Å². The molecule has 2 N–H and O–H groups in total. The molecule has 1 aromatic heterocycles. The molecule has 1 atom stereocenters. The van der Waals surface area contributed by atoms with Gasteiger partial charge in [-0.25, -0.2) is 9.07 Å². The highest BCUT2D eigenvalue weighted by Gasteiger charge is 2.40. The van der Waals surface area contributed by atoms with Crippen LogP contribution in [-0.4, -0.2) is 49.0 Å². The number of carbonyl (C=O) groups excluding carboxylic acids is 1. The minimum Gasteiger partial charge on any atom is -0.504 e. The van der Waals surface area contributed by atoms with Crippen LogP contribution in [0.4, 0.5) is 4.39 Å². The van der Waals surface area contributed by atoms with Crippen molar-refractivity contribution in [3.05, 3.63) is 41.5 Å². The van der Waals surface area contributed by atoms with E-state index >= 15 is 0 Å². The van der Waals surface area contributed by atoms with Crippen LogP contribution in [-0.2, 0) is 0 Å². The van der Waals surface area contributed by atoms with Gasteiger partial charge in [-0.2, -0.15) is 5.10 Å². The zero-order valence-electron chi connectivity index (χ0n) is 14.5. The second-order valence-electron chi connectivity index (χ2n) is 7.05. The van der Waals surface area contributed by atoms with Crippen molar-refractivity contribution in [1.29, 1.82) is 0 Å². The molecule has 1 aliphatic heterocycles. The van der Waals surface area contributed by atoms with Crippen LogP contribution in [0.1, 0.15) is 42.7 Å². The number of carbonyl (C=O) groups is 1. The zero-order valence-corrected chi connectivity index (χ0v) is 14.5. The van der Waals surface area contributed by atoms with Gasteiger partial charge in [0.05, 0.1) is 23.5 Å². The fraction of sp³-hybridized carbons (Fsp3) is 0.444. The van der Waals surface area contributed by atoms with Crippen LogP contribution in [0.15, 0.2) is 24.4 Å². The van der Waals surface area contributed by atoms with Crippen molar-refractivity contribution in [2.24, 2.45) is 0 Å². The number of amides is 1. The fourth-order valence-electron chi connectivity index (χ4n) is 3.40. The van der Waals surface area contributed by atoms with Crippen molar-refractivity contribution in [1.82, 2.24) is 14.7 Å². The van der Waals surface area contributed by atoms with E-state index in [-0.39, 0.29) is 23.3 Å². The lowest BCUT2D eigenvalue weighted by molar-refractivity contribution is -0.00000852. The third-order valence-electron chi connectivity index (χ3n) is 4.63. The number of aromatic hydroxyl groups is 1. The van der Waals surface area contributed by atoms with Crippen LogP contribution in [0.25, 0.3) is 5.69 Å². The lowest BCUT2D eigenvalue weighted by Crippen LogP contribution is -2.48. The first-order chi connectivity index (χ1) is 11.7. The Morgan fingerprint density at radius 2 is 2.12 bits per heavy atom. The van der Waals surface area contributed by atoms with Gasteiger partial charge >= 0.3 is 0 Å². The highest BCUT2D eigenvalue weighted by molar-refractivity contribution is 5.95. The molecule has 3 rings (SSSR count). The molecular weight excluding hydrogens is 325 g/mol. The molecule has 0 spiro atoms. The molecule has 0 radical (unpaired) electrons. The summed E-state index contributed by atoms with van der Waals surface area (Å²) in [4.78, 5) is 14.4. The Hall–Kier alpha value is -2.41. The standard InChI is InChI=1S/C18H22FN3O3/c1-11-9-12(19)6-7-13(11)22-10-14(23)16(20-22)17(24)21-8-4-5-15(21)18(2,3)25/h6-7,9-10,15,23,25H,4-5,8H2,1-3H3. The van der Waals surface area contributed by atoms with Crippen LogP contribution >= 0.6 is 0 Å². The number of aliphatic hydroxyl groups is 1.